The first kappa shape index (κ1) is 21.3. The molecule has 0 saturated carbocycles. The van der Waals surface area contributed by atoms with Gasteiger partial charge in [0.15, 0.2) is 11.8 Å². The number of aryl methyl sites for hydroxylation is 1. The van der Waals surface area contributed by atoms with Gasteiger partial charge >= 0.3 is 0 Å². The van der Waals surface area contributed by atoms with E-state index in [-0.39, 0.29) is 0 Å². The summed E-state index contributed by atoms with van der Waals surface area (Å²) in [6, 6.07) is 14.9. The average molecular weight is 435 g/mol. The number of nitrogens with one attached hydrogen (secondary N) is 1. The Hall–Kier alpha value is -2.93. The predicted octanol–water partition coefficient (Wildman–Crippen LogP) is 4.05. The Morgan fingerprint density at radius 1 is 1.13 bits per heavy atom. The Balaban J connectivity index is 1.41. The molecule has 0 aliphatic carbocycles. The molecular weight excluding hydrogens is 404 g/mol. The van der Waals surface area contributed by atoms with Gasteiger partial charge < -0.3 is 14.8 Å². The van der Waals surface area contributed by atoms with E-state index < -0.39 is 0 Å². The van der Waals surface area contributed by atoms with E-state index in [9.17, 15) is 0 Å². The third-order valence-electron chi connectivity index (χ3n) is 5.66. The average Bonchev–Trinajstić information content (AvgIpc) is 3.43. The molecule has 0 spiro atoms. The van der Waals surface area contributed by atoms with Gasteiger partial charge in [-0.05, 0) is 43.2 Å². The van der Waals surface area contributed by atoms with E-state index in [0.717, 1.165) is 56.5 Å². The predicted molar refractivity (Wildman–Crippen MR) is 128 cm³/mol. The molecule has 6 nitrogen and oxygen atoms in total. The highest BCUT2D eigenvalue weighted by molar-refractivity contribution is 7.09. The molecule has 0 radical (unpaired) electrons. The maximum absolute atomic E-state index is 4.91. The lowest BCUT2D eigenvalue weighted by Gasteiger charge is -2.31. The topological polar surface area (TPSA) is 58.3 Å². The maximum Gasteiger partial charge on any atom is 0.194 e. The first-order valence-corrected chi connectivity index (χ1v) is 11.7. The van der Waals surface area contributed by atoms with Crippen molar-refractivity contribution in [1.29, 1.82) is 0 Å². The van der Waals surface area contributed by atoms with Crippen LogP contribution in [-0.2, 0) is 20.0 Å². The van der Waals surface area contributed by atoms with Crippen LogP contribution in [-0.4, -0.2) is 45.3 Å². The molecule has 1 fully saturated rings. The zero-order valence-electron chi connectivity index (χ0n) is 18.3. The number of piperidine rings is 1. The molecule has 4 rings (SSSR count). The third kappa shape index (κ3) is 5.82. The van der Waals surface area contributed by atoms with Crippen molar-refractivity contribution in [3.05, 3.63) is 75.5 Å². The minimum atomic E-state index is 0.530. The Bertz CT molecular complexity index is 1010. The van der Waals surface area contributed by atoms with Crippen molar-refractivity contribution in [2.24, 2.45) is 12.0 Å². The van der Waals surface area contributed by atoms with Gasteiger partial charge in [0.25, 0.3) is 0 Å². The molecule has 0 bridgehead atoms. The SMILES string of the molecule is Cc1nnc(CN=C(NCCc2cccs2)N2CCC(=Cc3ccccc3)CC2)n1C. The van der Waals surface area contributed by atoms with Crippen molar-refractivity contribution < 1.29 is 0 Å². The van der Waals surface area contributed by atoms with Gasteiger partial charge in [0.1, 0.15) is 12.4 Å². The highest BCUT2D eigenvalue weighted by Crippen LogP contribution is 2.20. The van der Waals surface area contributed by atoms with Crippen LogP contribution in [0.2, 0.25) is 0 Å². The lowest BCUT2D eigenvalue weighted by molar-refractivity contribution is 0.374. The zero-order chi connectivity index (χ0) is 21.5. The van der Waals surface area contributed by atoms with Crippen molar-refractivity contribution in [3.8, 4) is 0 Å². The number of likely N-dealkylation sites (tertiary alicyclic amines) is 1. The van der Waals surface area contributed by atoms with Crippen LogP contribution in [0.3, 0.4) is 0 Å². The Kier molecular flexibility index (Phi) is 7.14. The minimum Gasteiger partial charge on any atom is -0.356 e. The smallest absolute Gasteiger partial charge is 0.194 e. The van der Waals surface area contributed by atoms with Crippen molar-refractivity contribution in [1.82, 2.24) is 25.0 Å². The second kappa shape index (κ2) is 10.4. The lowest BCUT2D eigenvalue weighted by Crippen LogP contribution is -2.45. The number of benzene rings is 1. The molecule has 0 unspecified atom stereocenters. The summed E-state index contributed by atoms with van der Waals surface area (Å²) in [5.74, 6) is 2.76. The van der Waals surface area contributed by atoms with Crippen LogP contribution in [0.5, 0.6) is 0 Å². The number of aromatic nitrogens is 3. The molecule has 1 aliphatic heterocycles. The number of rotatable bonds is 6. The van der Waals surface area contributed by atoms with Gasteiger partial charge in [-0.3, -0.25) is 0 Å². The van der Waals surface area contributed by atoms with Crippen LogP contribution < -0.4 is 5.32 Å². The molecule has 1 N–H and O–H groups in total. The second-order valence-electron chi connectivity index (χ2n) is 7.82. The van der Waals surface area contributed by atoms with Gasteiger partial charge in [0, 0.05) is 31.6 Å². The Labute approximate surface area is 188 Å². The fourth-order valence-corrected chi connectivity index (χ4v) is 4.40. The normalized spacial score (nSPS) is 14.7. The van der Waals surface area contributed by atoms with Crippen molar-refractivity contribution in [2.75, 3.05) is 19.6 Å². The van der Waals surface area contributed by atoms with E-state index in [1.807, 2.05) is 18.5 Å². The van der Waals surface area contributed by atoms with Gasteiger partial charge in [-0.1, -0.05) is 48.0 Å². The molecule has 7 heteroatoms. The van der Waals surface area contributed by atoms with Gasteiger partial charge in [-0.25, -0.2) is 4.99 Å². The highest BCUT2D eigenvalue weighted by atomic mass is 32.1. The van der Waals surface area contributed by atoms with Crippen LogP contribution in [0.1, 0.15) is 34.9 Å². The third-order valence-corrected chi connectivity index (χ3v) is 6.60. The van der Waals surface area contributed by atoms with Crippen molar-refractivity contribution >= 4 is 23.4 Å². The molecular formula is C24H30N6S. The number of hydrogen-bond donors (Lipinski definition) is 1. The molecule has 0 amide bonds. The number of guanidine groups is 1. The van der Waals surface area contributed by atoms with E-state index >= 15 is 0 Å². The standard InChI is InChI=1S/C24H30N6S/c1-19-27-28-23(29(19)2)18-26-24(25-13-10-22-9-6-16-31-22)30-14-11-21(12-15-30)17-20-7-4-3-5-8-20/h3-9,16-17H,10-15,18H2,1-2H3,(H,25,26). The van der Waals surface area contributed by atoms with Crippen LogP contribution in [0.4, 0.5) is 0 Å². The molecule has 3 heterocycles. The van der Waals surface area contributed by atoms with E-state index in [1.165, 1.54) is 16.0 Å². The number of nitrogens with zero attached hydrogens (tertiary/aromatic N) is 5. The summed E-state index contributed by atoms with van der Waals surface area (Å²) in [4.78, 5) is 8.68. The molecule has 1 aromatic carbocycles. The largest absolute Gasteiger partial charge is 0.356 e. The van der Waals surface area contributed by atoms with E-state index in [1.54, 1.807) is 11.3 Å². The van der Waals surface area contributed by atoms with Crippen LogP contribution in [0, 0.1) is 6.92 Å². The van der Waals surface area contributed by atoms with Gasteiger partial charge in [-0.15, -0.1) is 21.5 Å². The Morgan fingerprint density at radius 2 is 1.94 bits per heavy atom. The van der Waals surface area contributed by atoms with Crippen LogP contribution >= 0.6 is 11.3 Å². The first-order chi connectivity index (χ1) is 15.2. The van der Waals surface area contributed by atoms with Gasteiger partial charge in [0.2, 0.25) is 0 Å². The molecule has 162 valence electrons. The summed E-state index contributed by atoms with van der Waals surface area (Å²) in [7, 11) is 1.99. The van der Waals surface area contributed by atoms with Crippen LogP contribution in [0.25, 0.3) is 6.08 Å². The van der Waals surface area contributed by atoms with Crippen LogP contribution in [0.15, 0.2) is 58.4 Å². The van der Waals surface area contributed by atoms with Crippen molar-refractivity contribution in [3.63, 3.8) is 0 Å². The second-order valence-corrected chi connectivity index (χ2v) is 8.85. The highest BCUT2D eigenvalue weighted by Gasteiger charge is 2.18. The number of hydrogen-bond acceptors (Lipinski definition) is 4. The van der Waals surface area contributed by atoms with Gasteiger partial charge in [-0.2, -0.15) is 0 Å². The van der Waals surface area contributed by atoms with E-state index in [4.69, 9.17) is 4.99 Å². The molecule has 3 aromatic rings. The molecule has 1 aliphatic rings. The monoisotopic (exact) mass is 434 g/mol. The van der Waals surface area contributed by atoms with Gasteiger partial charge in [0.05, 0.1) is 0 Å². The maximum atomic E-state index is 4.91. The minimum absolute atomic E-state index is 0.530. The van der Waals surface area contributed by atoms with E-state index in [2.05, 4.69) is 74.3 Å². The molecule has 0 atom stereocenters. The fraction of sp³-hybridized carbons (Fsp3) is 0.375. The fourth-order valence-electron chi connectivity index (χ4n) is 3.69. The summed E-state index contributed by atoms with van der Waals surface area (Å²) in [6.07, 6.45) is 5.46. The summed E-state index contributed by atoms with van der Waals surface area (Å²) in [5.41, 5.74) is 2.79. The molecule has 1 saturated heterocycles. The lowest BCUT2D eigenvalue weighted by atomic mass is 10.0. The summed E-state index contributed by atoms with van der Waals surface area (Å²) < 4.78 is 2.00. The quantitative estimate of drug-likeness (QED) is 0.470. The molecule has 31 heavy (non-hydrogen) atoms. The zero-order valence-corrected chi connectivity index (χ0v) is 19.1. The van der Waals surface area contributed by atoms with E-state index in [0.29, 0.717) is 6.54 Å². The molecule has 2 aromatic heterocycles. The Morgan fingerprint density at radius 3 is 2.61 bits per heavy atom. The summed E-state index contributed by atoms with van der Waals surface area (Å²) >= 11 is 1.80. The first-order valence-electron chi connectivity index (χ1n) is 10.8. The number of thiophene rings is 1. The summed E-state index contributed by atoms with van der Waals surface area (Å²) in [5, 5.41) is 14.1. The summed E-state index contributed by atoms with van der Waals surface area (Å²) in [6.45, 7) is 5.32. The van der Waals surface area contributed by atoms with Crippen molar-refractivity contribution in [2.45, 2.75) is 32.7 Å². The number of aliphatic imine (C=N–C) groups is 1.